The summed E-state index contributed by atoms with van der Waals surface area (Å²) in [5, 5.41) is 3.25. The fourth-order valence-electron chi connectivity index (χ4n) is 1.80. The van der Waals surface area contributed by atoms with Crippen molar-refractivity contribution in [2.45, 2.75) is 19.1 Å². The van der Waals surface area contributed by atoms with Gasteiger partial charge in [0.05, 0.1) is 11.1 Å². The van der Waals surface area contributed by atoms with Gasteiger partial charge in [0.1, 0.15) is 17.7 Å². The summed E-state index contributed by atoms with van der Waals surface area (Å²) in [6.45, 7) is 1.94. The summed E-state index contributed by atoms with van der Waals surface area (Å²) in [6.07, 6.45) is 0.00728. The van der Waals surface area contributed by atoms with Gasteiger partial charge >= 0.3 is 0 Å². The number of rotatable bonds is 1. The molecule has 1 heterocycles. The Bertz CT molecular complexity index is 369. The second-order valence-electron chi connectivity index (χ2n) is 3.39. The van der Waals surface area contributed by atoms with E-state index in [-0.39, 0.29) is 17.2 Å². The van der Waals surface area contributed by atoms with Gasteiger partial charge in [0.25, 0.3) is 0 Å². The van der Waals surface area contributed by atoms with Crippen LogP contribution in [0.2, 0.25) is 5.02 Å². The van der Waals surface area contributed by atoms with Crippen LogP contribution in [0.1, 0.15) is 18.5 Å². The molecular weight excluding hydrogens is 205 g/mol. The first-order valence-corrected chi connectivity index (χ1v) is 4.84. The Morgan fingerprint density at radius 2 is 2.21 bits per heavy atom. The lowest BCUT2D eigenvalue weighted by atomic mass is 10.1. The molecule has 0 aromatic heterocycles. The Balaban J connectivity index is 2.49. The molecule has 0 saturated carbocycles. The maximum atomic E-state index is 13.1. The second kappa shape index (κ2) is 3.41. The average molecular weight is 216 g/mol. The fraction of sp³-hybridized carbons (Fsp3) is 0.400. The molecule has 0 aliphatic carbocycles. The number of likely N-dealkylation sites (N-methyl/N-ethyl adjacent to an activating group) is 1. The number of benzene rings is 1. The van der Waals surface area contributed by atoms with Crippen molar-refractivity contribution in [2.75, 3.05) is 7.05 Å². The normalized spacial score (nSPS) is 24.6. The highest BCUT2D eigenvalue weighted by Crippen LogP contribution is 2.38. The zero-order chi connectivity index (χ0) is 10.3. The van der Waals surface area contributed by atoms with Gasteiger partial charge in [0.15, 0.2) is 0 Å². The third-order valence-corrected chi connectivity index (χ3v) is 2.77. The predicted molar refractivity (Wildman–Crippen MR) is 53.3 cm³/mol. The van der Waals surface area contributed by atoms with Gasteiger partial charge in [-0.1, -0.05) is 11.6 Å². The quantitative estimate of drug-likeness (QED) is 0.777. The van der Waals surface area contributed by atoms with Gasteiger partial charge in [-0.3, -0.25) is 0 Å². The average Bonchev–Trinajstić information content (AvgIpc) is 2.42. The van der Waals surface area contributed by atoms with Crippen LogP contribution in [0, 0.1) is 5.82 Å². The molecule has 0 saturated heterocycles. The van der Waals surface area contributed by atoms with Gasteiger partial charge in [-0.2, -0.15) is 0 Å². The first-order chi connectivity index (χ1) is 6.63. The molecule has 2 nitrogen and oxygen atoms in total. The zero-order valence-electron chi connectivity index (χ0n) is 7.97. The molecule has 4 heteroatoms. The molecule has 0 amide bonds. The molecule has 1 aromatic rings. The number of halogens is 2. The number of ether oxygens (including phenoxy) is 1. The largest absolute Gasteiger partial charge is 0.488 e. The highest BCUT2D eigenvalue weighted by molar-refractivity contribution is 6.30. The van der Waals surface area contributed by atoms with E-state index in [9.17, 15) is 4.39 Å². The third-order valence-electron chi connectivity index (χ3n) is 2.48. The first kappa shape index (κ1) is 9.74. The molecule has 0 bridgehead atoms. The van der Waals surface area contributed by atoms with Gasteiger partial charge in [-0.15, -0.1) is 0 Å². The van der Waals surface area contributed by atoms with Crippen LogP contribution in [0.15, 0.2) is 12.1 Å². The molecule has 1 aliphatic rings. The zero-order valence-corrected chi connectivity index (χ0v) is 8.73. The van der Waals surface area contributed by atoms with Crippen LogP contribution < -0.4 is 10.1 Å². The first-order valence-electron chi connectivity index (χ1n) is 4.46. The molecule has 0 spiro atoms. The molecule has 0 radical (unpaired) electrons. The summed E-state index contributed by atoms with van der Waals surface area (Å²) in [7, 11) is 1.84. The number of fused-ring (bicyclic) bond motifs is 1. The van der Waals surface area contributed by atoms with Crippen LogP contribution in [-0.4, -0.2) is 13.2 Å². The van der Waals surface area contributed by atoms with E-state index >= 15 is 0 Å². The summed E-state index contributed by atoms with van der Waals surface area (Å²) in [6, 6.07) is 3.05. The van der Waals surface area contributed by atoms with Crippen molar-refractivity contribution >= 4 is 11.6 Å². The van der Waals surface area contributed by atoms with E-state index < -0.39 is 5.82 Å². The molecule has 1 N–H and O–H groups in total. The lowest BCUT2D eigenvalue weighted by Crippen LogP contribution is -2.25. The Hall–Kier alpha value is -0.800. The molecule has 76 valence electrons. The number of nitrogens with one attached hydrogen (secondary N) is 1. The van der Waals surface area contributed by atoms with Gasteiger partial charge in [-0.05, 0) is 20.0 Å². The second-order valence-corrected chi connectivity index (χ2v) is 3.80. The van der Waals surface area contributed by atoms with Crippen molar-refractivity contribution in [3.05, 3.63) is 28.5 Å². The van der Waals surface area contributed by atoms with Crippen molar-refractivity contribution in [2.24, 2.45) is 0 Å². The van der Waals surface area contributed by atoms with E-state index in [2.05, 4.69) is 5.32 Å². The van der Waals surface area contributed by atoms with Crippen LogP contribution in [0.4, 0.5) is 4.39 Å². The Labute approximate surface area is 87.0 Å². The van der Waals surface area contributed by atoms with Crippen LogP contribution in [0.5, 0.6) is 5.75 Å². The smallest absolute Gasteiger partial charge is 0.145 e. The highest BCUT2D eigenvalue weighted by Gasteiger charge is 2.30. The van der Waals surface area contributed by atoms with E-state index in [0.29, 0.717) is 5.75 Å². The minimum Gasteiger partial charge on any atom is -0.488 e. The van der Waals surface area contributed by atoms with Crippen molar-refractivity contribution in [1.82, 2.24) is 5.32 Å². The lowest BCUT2D eigenvalue weighted by molar-refractivity contribution is 0.214. The summed E-state index contributed by atoms with van der Waals surface area (Å²) >= 11 is 5.70. The van der Waals surface area contributed by atoms with Crippen LogP contribution in [0.25, 0.3) is 0 Å². The SMILES string of the molecule is CNC1c2cc(Cl)c(F)cc2OC1C. The molecule has 2 rings (SSSR count). The monoisotopic (exact) mass is 215 g/mol. The Morgan fingerprint density at radius 3 is 2.86 bits per heavy atom. The van der Waals surface area contributed by atoms with E-state index in [0.717, 1.165) is 5.56 Å². The summed E-state index contributed by atoms with van der Waals surface area (Å²) < 4.78 is 18.6. The number of hydrogen-bond acceptors (Lipinski definition) is 2. The Kier molecular flexibility index (Phi) is 2.37. The molecule has 0 fully saturated rings. The topological polar surface area (TPSA) is 21.3 Å². The summed E-state index contributed by atoms with van der Waals surface area (Å²) in [4.78, 5) is 0. The van der Waals surface area contributed by atoms with E-state index in [1.54, 1.807) is 6.07 Å². The van der Waals surface area contributed by atoms with Crippen LogP contribution in [0.3, 0.4) is 0 Å². The van der Waals surface area contributed by atoms with Gasteiger partial charge in [0.2, 0.25) is 0 Å². The molecule has 1 aliphatic heterocycles. The predicted octanol–water partition coefficient (Wildman–Crippen LogP) is 2.52. The van der Waals surface area contributed by atoms with Crippen molar-refractivity contribution in [1.29, 1.82) is 0 Å². The van der Waals surface area contributed by atoms with Gasteiger partial charge in [-0.25, -0.2) is 4.39 Å². The van der Waals surface area contributed by atoms with Crippen molar-refractivity contribution in [3.63, 3.8) is 0 Å². The molecule has 14 heavy (non-hydrogen) atoms. The maximum absolute atomic E-state index is 13.1. The summed E-state index contributed by atoms with van der Waals surface area (Å²) in [5.74, 6) is 0.146. The van der Waals surface area contributed by atoms with E-state index in [1.165, 1.54) is 6.07 Å². The molecule has 2 atom stereocenters. The highest BCUT2D eigenvalue weighted by atomic mass is 35.5. The minimum atomic E-state index is -0.436. The minimum absolute atomic E-state index is 0.00728. The van der Waals surface area contributed by atoms with E-state index in [4.69, 9.17) is 16.3 Å². The third kappa shape index (κ3) is 1.37. The molecular formula is C10H11ClFNO. The van der Waals surface area contributed by atoms with Gasteiger partial charge in [0, 0.05) is 11.6 Å². The number of hydrogen-bond donors (Lipinski definition) is 1. The van der Waals surface area contributed by atoms with Gasteiger partial charge < -0.3 is 10.1 Å². The lowest BCUT2D eigenvalue weighted by Gasteiger charge is -2.12. The maximum Gasteiger partial charge on any atom is 0.145 e. The van der Waals surface area contributed by atoms with Crippen molar-refractivity contribution in [3.8, 4) is 5.75 Å². The van der Waals surface area contributed by atoms with E-state index in [1.807, 2.05) is 14.0 Å². The molecule has 1 aromatic carbocycles. The van der Waals surface area contributed by atoms with Crippen molar-refractivity contribution < 1.29 is 9.13 Å². The van der Waals surface area contributed by atoms with Crippen LogP contribution >= 0.6 is 11.6 Å². The Morgan fingerprint density at radius 1 is 1.50 bits per heavy atom. The standard InChI is InChI=1S/C10H11ClFNO/c1-5-10(13-2)6-3-7(11)8(12)4-9(6)14-5/h3-5,10,13H,1-2H3. The molecule has 2 unspecified atom stereocenters. The summed E-state index contributed by atoms with van der Waals surface area (Å²) in [5.41, 5.74) is 0.923. The van der Waals surface area contributed by atoms with Crippen LogP contribution in [-0.2, 0) is 0 Å². The fourth-order valence-corrected chi connectivity index (χ4v) is 1.97.